The standard InChI is InChI=1S/C14H14N2O/c17-14-8-4-7-13-12(14)9-15-16(13)10-11-5-2-1-3-6-11/h1-3,5-6,9H,4,7-8,10H2. The van der Waals surface area contributed by atoms with Crippen molar-refractivity contribution in [1.82, 2.24) is 9.78 Å². The Hall–Kier alpha value is -1.90. The molecule has 0 amide bonds. The fourth-order valence-electron chi connectivity index (χ4n) is 2.35. The molecule has 1 aliphatic rings. The second-order valence-corrected chi connectivity index (χ2v) is 4.42. The van der Waals surface area contributed by atoms with Crippen LogP contribution in [0.25, 0.3) is 0 Å². The first-order chi connectivity index (χ1) is 8.34. The molecular weight excluding hydrogens is 212 g/mol. The molecule has 1 aromatic heterocycles. The number of benzene rings is 1. The Balaban J connectivity index is 1.92. The van der Waals surface area contributed by atoms with E-state index < -0.39 is 0 Å². The van der Waals surface area contributed by atoms with Crippen molar-refractivity contribution in [3.05, 3.63) is 53.3 Å². The number of aromatic nitrogens is 2. The second-order valence-electron chi connectivity index (χ2n) is 4.42. The first kappa shape index (κ1) is 10.3. The van der Waals surface area contributed by atoms with Crippen LogP contribution in [0.2, 0.25) is 0 Å². The van der Waals surface area contributed by atoms with Crippen LogP contribution in [-0.2, 0) is 13.0 Å². The van der Waals surface area contributed by atoms with Gasteiger partial charge >= 0.3 is 0 Å². The van der Waals surface area contributed by atoms with E-state index in [-0.39, 0.29) is 5.78 Å². The summed E-state index contributed by atoms with van der Waals surface area (Å²) in [7, 11) is 0. The summed E-state index contributed by atoms with van der Waals surface area (Å²) >= 11 is 0. The number of hydrogen-bond donors (Lipinski definition) is 0. The molecule has 3 heteroatoms. The maximum atomic E-state index is 11.7. The highest BCUT2D eigenvalue weighted by Crippen LogP contribution is 2.21. The van der Waals surface area contributed by atoms with Gasteiger partial charge in [-0.25, -0.2) is 0 Å². The van der Waals surface area contributed by atoms with Crippen molar-refractivity contribution in [2.45, 2.75) is 25.8 Å². The highest BCUT2D eigenvalue weighted by Gasteiger charge is 2.21. The van der Waals surface area contributed by atoms with Gasteiger partial charge in [0.1, 0.15) is 0 Å². The Morgan fingerprint density at radius 2 is 2.00 bits per heavy atom. The Kier molecular flexibility index (Phi) is 2.52. The lowest BCUT2D eigenvalue weighted by molar-refractivity contribution is 0.0972. The normalized spacial score (nSPS) is 14.7. The van der Waals surface area contributed by atoms with Gasteiger partial charge in [-0.3, -0.25) is 9.48 Å². The van der Waals surface area contributed by atoms with Crippen LogP contribution in [0, 0.1) is 0 Å². The summed E-state index contributed by atoms with van der Waals surface area (Å²) in [4.78, 5) is 11.7. The summed E-state index contributed by atoms with van der Waals surface area (Å²) in [6.45, 7) is 0.753. The zero-order valence-electron chi connectivity index (χ0n) is 9.60. The third kappa shape index (κ3) is 1.88. The number of hydrogen-bond acceptors (Lipinski definition) is 2. The summed E-state index contributed by atoms with van der Waals surface area (Å²) in [5.74, 6) is 0.241. The molecule has 1 aromatic carbocycles. The molecule has 0 saturated heterocycles. The number of rotatable bonds is 2. The van der Waals surface area contributed by atoms with E-state index in [1.165, 1.54) is 5.56 Å². The topological polar surface area (TPSA) is 34.9 Å². The molecule has 0 saturated carbocycles. The first-order valence-electron chi connectivity index (χ1n) is 5.96. The largest absolute Gasteiger partial charge is 0.294 e. The van der Waals surface area contributed by atoms with Gasteiger partial charge in [-0.1, -0.05) is 30.3 Å². The summed E-state index contributed by atoms with van der Waals surface area (Å²) in [5.41, 5.74) is 3.15. The minimum Gasteiger partial charge on any atom is -0.294 e. The Labute approximate surface area is 100 Å². The van der Waals surface area contributed by atoms with E-state index in [2.05, 4.69) is 17.2 Å². The van der Waals surface area contributed by atoms with Crippen LogP contribution in [0.1, 0.15) is 34.5 Å². The van der Waals surface area contributed by atoms with E-state index in [1.807, 2.05) is 22.9 Å². The van der Waals surface area contributed by atoms with Crippen molar-refractivity contribution in [3.63, 3.8) is 0 Å². The highest BCUT2D eigenvalue weighted by atomic mass is 16.1. The van der Waals surface area contributed by atoms with Gasteiger partial charge in [0.05, 0.1) is 18.3 Å². The quantitative estimate of drug-likeness (QED) is 0.788. The SMILES string of the molecule is O=C1CCCc2c1cnn2Cc1ccccc1. The molecule has 0 aliphatic heterocycles. The van der Waals surface area contributed by atoms with Gasteiger partial charge in [0, 0.05) is 12.1 Å². The zero-order valence-corrected chi connectivity index (χ0v) is 9.60. The number of ketones is 1. The average Bonchev–Trinajstić information content (AvgIpc) is 2.76. The third-order valence-electron chi connectivity index (χ3n) is 3.24. The third-order valence-corrected chi connectivity index (χ3v) is 3.24. The lowest BCUT2D eigenvalue weighted by atomic mass is 9.97. The van der Waals surface area contributed by atoms with Crippen LogP contribution in [-0.4, -0.2) is 15.6 Å². The minimum absolute atomic E-state index is 0.241. The molecule has 1 aliphatic carbocycles. The molecule has 0 unspecified atom stereocenters. The molecule has 2 aromatic rings. The summed E-state index contributed by atoms with van der Waals surface area (Å²) in [6, 6.07) is 10.2. The molecule has 0 radical (unpaired) electrons. The van der Waals surface area contributed by atoms with E-state index in [0.717, 1.165) is 30.6 Å². The van der Waals surface area contributed by atoms with Gasteiger partial charge in [-0.2, -0.15) is 5.10 Å². The van der Waals surface area contributed by atoms with Gasteiger partial charge in [0.15, 0.2) is 5.78 Å². The average molecular weight is 226 g/mol. The number of nitrogens with zero attached hydrogens (tertiary/aromatic N) is 2. The molecule has 86 valence electrons. The molecule has 0 N–H and O–H groups in total. The molecule has 0 atom stereocenters. The maximum Gasteiger partial charge on any atom is 0.166 e. The molecule has 3 rings (SSSR count). The smallest absolute Gasteiger partial charge is 0.166 e. The number of fused-ring (bicyclic) bond motifs is 1. The van der Waals surface area contributed by atoms with Crippen molar-refractivity contribution in [2.75, 3.05) is 0 Å². The number of carbonyl (C=O) groups excluding carboxylic acids is 1. The van der Waals surface area contributed by atoms with Crippen LogP contribution >= 0.6 is 0 Å². The zero-order chi connectivity index (χ0) is 11.7. The minimum atomic E-state index is 0.241. The lowest BCUT2D eigenvalue weighted by Crippen LogP contribution is -2.14. The number of Topliss-reactive ketones (excluding diaryl/α,β-unsaturated/α-hetero) is 1. The predicted molar refractivity (Wildman–Crippen MR) is 65.0 cm³/mol. The van der Waals surface area contributed by atoms with E-state index in [4.69, 9.17) is 0 Å². The van der Waals surface area contributed by atoms with Crippen molar-refractivity contribution < 1.29 is 4.79 Å². The van der Waals surface area contributed by atoms with Crippen LogP contribution in [0.4, 0.5) is 0 Å². The monoisotopic (exact) mass is 226 g/mol. The van der Waals surface area contributed by atoms with Crippen LogP contribution < -0.4 is 0 Å². The molecule has 17 heavy (non-hydrogen) atoms. The van der Waals surface area contributed by atoms with Gasteiger partial charge in [-0.05, 0) is 18.4 Å². The Morgan fingerprint density at radius 1 is 1.18 bits per heavy atom. The van der Waals surface area contributed by atoms with E-state index in [1.54, 1.807) is 6.20 Å². The van der Waals surface area contributed by atoms with E-state index in [0.29, 0.717) is 6.42 Å². The lowest BCUT2D eigenvalue weighted by Gasteiger charge is -2.13. The van der Waals surface area contributed by atoms with Gasteiger partial charge < -0.3 is 0 Å². The predicted octanol–water partition coefficient (Wildman–Crippen LogP) is 2.45. The summed E-state index contributed by atoms with van der Waals surface area (Å²) < 4.78 is 1.96. The van der Waals surface area contributed by atoms with Gasteiger partial charge in [0.2, 0.25) is 0 Å². The summed E-state index contributed by atoms with van der Waals surface area (Å²) in [5, 5.41) is 4.34. The molecule has 3 nitrogen and oxygen atoms in total. The molecule has 0 spiro atoms. The molecule has 0 fully saturated rings. The molecular formula is C14H14N2O. The van der Waals surface area contributed by atoms with Crippen molar-refractivity contribution >= 4 is 5.78 Å². The Bertz CT molecular complexity index is 543. The van der Waals surface area contributed by atoms with Crippen molar-refractivity contribution in [3.8, 4) is 0 Å². The van der Waals surface area contributed by atoms with Crippen LogP contribution in [0.3, 0.4) is 0 Å². The van der Waals surface area contributed by atoms with Gasteiger partial charge in [-0.15, -0.1) is 0 Å². The van der Waals surface area contributed by atoms with Gasteiger partial charge in [0.25, 0.3) is 0 Å². The van der Waals surface area contributed by atoms with Crippen molar-refractivity contribution in [2.24, 2.45) is 0 Å². The second kappa shape index (κ2) is 4.17. The Morgan fingerprint density at radius 3 is 2.82 bits per heavy atom. The fraction of sp³-hybridized carbons (Fsp3) is 0.286. The van der Waals surface area contributed by atoms with Crippen LogP contribution in [0.5, 0.6) is 0 Å². The summed E-state index contributed by atoms with van der Waals surface area (Å²) in [6.07, 6.45) is 4.31. The van der Waals surface area contributed by atoms with E-state index in [9.17, 15) is 4.79 Å². The molecule has 0 bridgehead atoms. The first-order valence-corrected chi connectivity index (χ1v) is 5.96. The fourth-order valence-corrected chi connectivity index (χ4v) is 2.35. The van der Waals surface area contributed by atoms with E-state index >= 15 is 0 Å². The number of carbonyl (C=O) groups is 1. The molecule has 1 heterocycles. The van der Waals surface area contributed by atoms with Crippen LogP contribution in [0.15, 0.2) is 36.5 Å². The van der Waals surface area contributed by atoms with Crippen molar-refractivity contribution in [1.29, 1.82) is 0 Å². The maximum absolute atomic E-state index is 11.7. The highest BCUT2D eigenvalue weighted by molar-refractivity contribution is 5.97.